The van der Waals surface area contributed by atoms with Gasteiger partial charge in [0.15, 0.2) is 0 Å². The van der Waals surface area contributed by atoms with Crippen LogP contribution in [-0.2, 0) is 14.3 Å². The molecule has 0 aromatic rings. The molecule has 0 spiro atoms. The fourth-order valence-corrected chi connectivity index (χ4v) is 3.53. The first-order chi connectivity index (χ1) is 11.1. The predicted octanol–water partition coefficient (Wildman–Crippen LogP) is 3.77. The lowest BCUT2D eigenvalue weighted by molar-refractivity contribution is -0.188. The number of aliphatic hydroxyl groups is 1. The number of aliphatic hydroxyl groups excluding tert-OH is 1. The van der Waals surface area contributed by atoms with Crippen LogP contribution >= 0.6 is 0 Å². The van der Waals surface area contributed by atoms with Gasteiger partial charge in [-0.3, -0.25) is 9.59 Å². The highest BCUT2D eigenvalue weighted by Gasteiger charge is 2.41. The summed E-state index contributed by atoms with van der Waals surface area (Å²) < 4.78 is 5.21. The minimum absolute atomic E-state index is 0.0157. The average molecular weight is 338 g/mol. The number of rotatable bonds is 9. The van der Waals surface area contributed by atoms with Crippen LogP contribution in [0.4, 0.5) is 0 Å². The van der Waals surface area contributed by atoms with Crippen molar-refractivity contribution in [3.05, 3.63) is 11.6 Å². The highest BCUT2D eigenvalue weighted by atomic mass is 16.6. The number of esters is 1. The number of ether oxygens (including phenoxy) is 1. The van der Waals surface area contributed by atoms with E-state index in [0.29, 0.717) is 0 Å². The Hall–Kier alpha value is -1.16. The molecule has 24 heavy (non-hydrogen) atoms. The second-order valence-corrected chi connectivity index (χ2v) is 7.74. The third-order valence-electron chi connectivity index (χ3n) is 5.49. The summed E-state index contributed by atoms with van der Waals surface area (Å²) in [7, 11) is 0. The van der Waals surface area contributed by atoms with E-state index >= 15 is 0 Å². The molecule has 0 bridgehead atoms. The molecule has 0 radical (unpaired) electrons. The molecule has 1 aliphatic heterocycles. The number of allylic oxidation sites excluding steroid dienone is 2. The van der Waals surface area contributed by atoms with Crippen LogP contribution in [0, 0.1) is 29.6 Å². The van der Waals surface area contributed by atoms with Gasteiger partial charge in [-0.25, -0.2) is 0 Å². The van der Waals surface area contributed by atoms with Gasteiger partial charge < -0.3 is 9.84 Å². The van der Waals surface area contributed by atoms with Crippen molar-refractivity contribution in [2.45, 2.75) is 73.5 Å². The van der Waals surface area contributed by atoms with E-state index in [2.05, 4.69) is 6.92 Å². The lowest BCUT2D eigenvalue weighted by atomic mass is 9.82. The fourth-order valence-electron chi connectivity index (χ4n) is 3.53. The third-order valence-corrected chi connectivity index (χ3v) is 5.49. The van der Waals surface area contributed by atoms with Crippen LogP contribution in [0.25, 0.3) is 0 Å². The Morgan fingerprint density at radius 2 is 1.88 bits per heavy atom. The molecule has 0 aliphatic carbocycles. The van der Waals surface area contributed by atoms with Gasteiger partial charge in [-0.05, 0) is 32.1 Å². The van der Waals surface area contributed by atoms with Crippen LogP contribution in [0.3, 0.4) is 0 Å². The summed E-state index contributed by atoms with van der Waals surface area (Å²) in [6, 6.07) is 0. The van der Waals surface area contributed by atoms with Crippen molar-refractivity contribution < 1.29 is 19.4 Å². The second-order valence-electron chi connectivity index (χ2n) is 7.74. The minimum Gasteiger partial charge on any atom is -0.461 e. The van der Waals surface area contributed by atoms with Crippen molar-refractivity contribution in [1.29, 1.82) is 0 Å². The predicted molar refractivity (Wildman–Crippen MR) is 95.4 cm³/mol. The van der Waals surface area contributed by atoms with Crippen LogP contribution in [0.2, 0.25) is 0 Å². The first-order valence-corrected chi connectivity index (χ1v) is 9.19. The van der Waals surface area contributed by atoms with Crippen molar-refractivity contribution in [2.75, 3.05) is 0 Å². The maximum atomic E-state index is 12.5. The molecule has 1 N–H and O–H groups in total. The van der Waals surface area contributed by atoms with Crippen LogP contribution < -0.4 is 0 Å². The summed E-state index contributed by atoms with van der Waals surface area (Å²) >= 11 is 0. The first kappa shape index (κ1) is 20.9. The molecule has 0 aromatic carbocycles. The normalized spacial score (nSPS) is 27.5. The zero-order chi connectivity index (χ0) is 18.6. The lowest BCUT2D eigenvalue weighted by Crippen LogP contribution is -2.47. The largest absolute Gasteiger partial charge is 0.461 e. The van der Waals surface area contributed by atoms with Crippen molar-refractivity contribution in [2.24, 2.45) is 29.6 Å². The van der Waals surface area contributed by atoms with Crippen LogP contribution in [0.15, 0.2) is 11.6 Å². The van der Waals surface area contributed by atoms with E-state index in [1.807, 2.05) is 47.6 Å². The molecule has 1 fully saturated rings. The molecule has 4 heteroatoms. The molecule has 0 aromatic heterocycles. The Balaban J connectivity index is 2.60. The fraction of sp³-hybridized carbons (Fsp3) is 0.800. The molecule has 1 rings (SSSR count). The summed E-state index contributed by atoms with van der Waals surface area (Å²) in [5.41, 5.74) is 1.13. The number of cyclic esters (lactones) is 1. The van der Waals surface area contributed by atoms with Gasteiger partial charge in [0.25, 0.3) is 0 Å². The number of Topliss-reactive ketones (excluding diaryl/α,β-unsaturated/α-hetero) is 1. The van der Waals surface area contributed by atoms with Gasteiger partial charge >= 0.3 is 5.97 Å². The molecule has 4 nitrogen and oxygen atoms in total. The third kappa shape index (κ3) is 4.92. The number of ketones is 1. The Bertz CT molecular complexity index is 482. The SMILES string of the molecule is CC[C@H](C)[C@H](O)[C@H](C)C(=O)[C@H](C)/C=C(\C)C[C@H](C)[C@@H]1OC(=O)[C@H]1C. The Labute approximate surface area is 146 Å². The lowest BCUT2D eigenvalue weighted by Gasteiger charge is -2.37. The maximum Gasteiger partial charge on any atom is 0.312 e. The highest BCUT2D eigenvalue weighted by molar-refractivity contribution is 5.85. The number of carbonyl (C=O) groups excluding carboxylic acids is 2. The molecule has 138 valence electrons. The molecule has 0 unspecified atom stereocenters. The van der Waals surface area contributed by atoms with Gasteiger partial charge in [0.2, 0.25) is 0 Å². The Morgan fingerprint density at radius 1 is 1.29 bits per heavy atom. The van der Waals surface area contributed by atoms with Crippen LogP contribution in [0.5, 0.6) is 0 Å². The summed E-state index contributed by atoms with van der Waals surface area (Å²) in [5, 5.41) is 10.3. The molecule has 1 saturated heterocycles. The van der Waals surface area contributed by atoms with Gasteiger partial charge in [0.1, 0.15) is 11.9 Å². The summed E-state index contributed by atoms with van der Waals surface area (Å²) in [4.78, 5) is 23.8. The van der Waals surface area contributed by atoms with E-state index in [-0.39, 0.29) is 47.4 Å². The van der Waals surface area contributed by atoms with Crippen LogP contribution in [0.1, 0.15) is 61.3 Å². The highest BCUT2D eigenvalue weighted by Crippen LogP contribution is 2.32. The van der Waals surface area contributed by atoms with Crippen molar-refractivity contribution in [3.63, 3.8) is 0 Å². The van der Waals surface area contributed by atoms with Crippen molar-refractivity contribution in [1.82, 2.24) is 0 Å². The number of hydrogen-bond donors (Lipinski definition) is 1. The summed E-state index contributed by atoms with van der Waals surface area (Å²) in [5.74, 6) is -0.271. The van der Waals surface area contributed by atoms with Gasteiger partial charge in [0.05, 0.1) is 12.0 Å². The molecular formula is C20H34O4. The minimum atomic E-state index is -0.590. The second kappa shape index (κ2) is 8.80. The number of hydrogen-bond acceptors (Lipinski definition) is 4. The van der Waals surface area contributed by atoms with E-state index in [4.69, 9.17) is 4.74 Å². The summed E-state index contributed by atoms with van der Waals surface area (Å²) in [6.07, 6.45) is 3.05. The molecular weight excluding hydrogens is 304 g/mol. The zero-order valence-corrected chi connectivity index (χ0v) is 16.2. The van der Waals surface area contributed by atoms with E-state index in [1.54, 1.807) is 0 Å². The Kier molecular flexibility index (Phi) is 7.65. The molecule has 7 atom stereocenters. The van der Waals surface area contributed by atoms with E-state index in [9.17, 15) is 14.7 Å². The number of carbonyl (C=O) groups is 2. The Morgan fingerprint density at radius 3 is 2.33 bits per heavy atom. The van der Waals surface area contributed by atoms with E-state index in [1.165, 1.54) is 0 Å². The van der Waals surface area contributed by atoms with Gasteiger partial charge in [-0.2, -0.15) is 0 Å². The topological polar surface area (TPSA) is 63.6 Å². The standard InChI is InChI=1S/C20H34O4/c1-8-12(3)17(21)15(6)18(22)13(4)9-11(2)10-14(5)19-16(7)20(23)24-19/h9,12-17,19,21H,8,10H2,1-7H3/b11-9+/t12-,13+,14-,15-,16-,17-,19-/m0/s1. The monoisotopic (exact) mass is 338 g/mol. The quantitative estimate of drug-likeness (QED) is 0.513. The van der Waals surface area contributed by atoms with Crippen molar-refractivity contribution in [3.8, 4) is 0 Å². The van der Waals surface area contributed by atoms with Gasteiger partial charge in [-0.15, -0.1) is 0 Å². The van der Waals surface area contributed by atoms with Crippen molar-refractivity contribution >= 4 is 11.8 Å². The molecule has 1 aliphatic rings. The molecule has 0 saturated carbocycles. The smallest absolute Gasteiger partial charge is 0.312 e. The van der Waals surface area contributed by atoms with E-state index in [0.717, 1.165) is 18.4 Å². The van der Waals surface area contributed by atoms with E-state index < -0.39 is 6.10 Å². The summed E-state index contributed by atoms with van der Waals surface area (Å²) in [6.45, 7) is 13.7. The average Bonchev–Trinajstić information content (AvgIpc) is 2.55. The molecule has 0 amide bonds. The first-order valence-electron chi connectivity index (χ1n) is 9.19. The van der Waals surface area contributed by atoms with Crippen LogP contribution in [-0.4, -0.2) is 29.1 Å². The molecule has 1 heterocycles. The maximum absolute atomic E-state index is 12.5. The van der Waals surface area contributed by atoms with Gasteiger partial charge in [0, 0.05) is 11.8 Å². The van der Waals surface area contributed by atoms with Gasteiger partial charge in [-0.1, -0.05) is 52.7 Å². The zero-order valence-electron chi connectivity index (χ0n) is 16.2.